The van der Waals surface area contributed by atoms with Crippen molar-refractivity contribution in [2.45, 2.75) is 13.3 Å². The number of pyridine rings is 1. The molecule has 23 heavy (non-hydrogen) atoms. The highest BCUT2D eigenvalue weighted by atomic mass is 16.1. The van der Waals surface area contributed by atoms with Crippen LogP contribution in [0.2, 0.25) is 0 Å². The van der Waals surface area contributed by atoms with E-state index in [0.29, 0.717) is 0 Å². The Balaban J connectivity index is 2.18. The molecule has 0 aliphatic heterocycles. The predicted molar refractivity (Wildman–Crippen MR) is 94.7 cm³/mol. The second-order valence-corrected chi connectivity index (χ2v) is 6.36. The Morgan fingerprint density at radius 3 is 2.70 bits per heavy atom. The second kappa shape index (κ2) is 5.03. The molecule has 0 unspecified atom stereocenters. The summed E-state index contributed by atoms with van der Waals surface area (Å²) in [4.78, 5) is 19.9. The summed E-state index contributed by atoms with van der Waals surface area (Å²) in [5.41, 5.74) is 4.02. The molecule has 4 rings (SSSR count). The van der Waals surface area contributed by atoms with Crippen LogP contribution >= 0.6 is 0 Å². The molecule has 4 aromatic rings. The molecule has 116 valence electrons. The molecule has 0 saturated heterocycles. The quantitative estimate of drug-likeness (QED) is 0.546. The van der Waals surface area contributed by atoms with Gasteiger partial charge in [-0.1, -0.05) is 18.2 Å². The number of likely N-dealkylation sites (N-methyl/N-ethyl adjacent to an activating group) is 1. The van der Waals surface area contributed by atoms with E-state index in [-0.39, 0.29) is 5.43 Å². The Bertz CT molecular complexity index is 1080. The monoisotopic (exact) mass is 305 g/mol. The summed E-state index contributed by atoms with van der Waals surface area (Å²) in [6.07, 6.45) is 0.858. The molecule has 2 aromatic heterocycles. The first kappa shape index (κ1) is 14.2. The van der Waals surface area contributed by atoms with E-state index in [2.05, 4.69) is 34.4 Å². The van der Waals surface area contributed by atoms with Crippen molar-refractivity contribution in [3.8, 4) is 0 Å². The number of hydrogen-bond acceptors (Lipinski definition) is 3. The standard InChI is InChI=1S/C19H19N3O/c1-12-20-15-9-8-13(10-11-21(2)3)17-18(15)22(12)16-7-5-4-6-14(16)19(17)23/h4-9H,10-11H2,1-3H3. The van der Waals surface area contributed by atoms with Crippen LogP contribution in [-0.2, 0) is 6.42 Å². The lowest BCUT2D eigenvalue weighted by Gasteiger charge is -2.12. The number of rotatable bonds is 3. The lowest BCUT2D eigenvalue weighted by molar-refractivity contribution is 0.414. The minimum atomic E-state index is 0.118. The van der Waals surface area contributed by atoms with Crippen LogP contribution < -0.4 is 5.43 Å². The van der Waals surface area contributed by atoms with Crippen LogP contribution in [0.5, 0.6) is 0 Å². The molecule has 4 heteroatoms. The van der Waals surface area contributed by atoms with Gasteiger partial charge in [0.05, 0.1) is 21.9 Å². The van der Waals surface area contributed by atoms with Crippen molar-refractivity contribution < 1.29 is 0 Å². The molecule has 2 heterocycles. The second-order valence-electron chi connectivity index (χ2n) is 6.36. The predicted octanol–water partition coefficient (Wildman–Crippen LogP) is 2.85. The fraction of sp³-hybridized carbons (Fsp3) is 0.263. The highest BCUT2D eigenvalue weighted by Gasteiger charge is 2.17. The molecule has 0 aliphatic rings. The number of aromatic nitrogens is 2. The van der Waals surface area contributed by atoms with Crippen LogP contribution in [0.1, 0.15) is 11.4 Å². The van der Waals surface area contributed by atoms with Crippen molar-refractivity contribution in [2.24, 2.45) is 0 Å². The lowest BCUT2D eigenvalue weighted by Crippen LogP contribution is -2.17. The minimum Gasteiger partial charge on any atom is -0.309 e. The van der Waals surface area contributed by atoms with Crippen LogP contribution in [0.3, 0.4) is 0 Å². The number of fused-ring (bicyclic) bond motifs is 2. The summed E-state index contributed by atoms with van der Waals surface area (Å²) in [6.45, 7) is 2.91. The highest BCUT2D eigenvalue weighted by molar-refractivity contribution is 6.03. The van der Waals surface area contributed by atoms with Gasteiger partial charge < -0.3 is 4.90 Å². The first-order valence-corrected chi connectivity index (χ1v) is 7.87. The van der Waals surface area contributed by atoms with Gasteiger partial charge in [-0.25, -0.2) is 4.98 Å². The molecule has 0 fully saturated rings. The van der Waals surface area contributed by atoms with Crippen molar-refractivity contribution >= 4 is 27.3 Å². The van der Waals surface area contributed by atoms with Gasteiger partial charge in [-0.15, -0.1) is 0 Å². The minimum absolute atomic E-state index is 0.118. The van der Waals surface area contributed by atoms with E-state index in [4.69, 9.17) is 0 Å². The van der Waals surface area contributed by atoms with Gasteiger partial charge in [0.25, 0.3) is 0 Å². The van der Waals surface area contributed by atoms with Gasteiger partial charge in [0, 0.05) is 11.9 Å². The fourth-order valence-electron chi connectivity index (χ4n) is 3.42. The van der Waals surface area contributed by atoms with Crippen molar-refractivity contribution in [3.63, 3.8) is 0 Å². The molecule has 0 amide bonds. The van der Waals surface area contributed by atoms with Gasteiger partial charge in [0.1, 0.15) is 5.82 Å². The van der Waals surface area contributed by atoms with Crippen LogP contribution in [0, 0.1) is 6.92 Å². The molecular formula is C19H19N3O. The van der Waals surface area contributed by atoms with E-state index in [1.165, 1.54) is 0 Å². The van der Waals surface area contributed by atoms with Crippen LogP contribution in [0.15, 0.2) is 41.2 Å². The Kier molecular flexibility index (Phi) is 3.10. The smallest absolute Gasteiger partial charge is 0.197 e. The number of benzene rings is 2. The molecule has 2 aromatic carbocycles. The maximum Gasteiger partial charge on any atom is 0.197 e. The van der Waals surface area contributed by atoms with Gasteiger partial charge >= 0.3 is 0 Å². The average Bonchev–Trinajstić information content (AvgIpc) is 2.87. The number of aryl methyl sites for hydroxylation is 1. The third-order valence-corrected chi connectivity index (χ3v) is 4.52. The van der Waals surface area contributed by atoms with Gasteiger partial charge in [0.2, 0.25) is 0 Å². The zero-order valence-corrected chi connectivity index (χ0v) is 13.6. The highest BCUT2D eigenvalue weighted by Crippen LogP contribution is 2.27. The normalized spacial score (nSPS) is 12.2. The molecule has 0 atom stereocenters. The van der Waals surface area contributed by atoms with E-state index in [1.54, 1.807) is 0 Å². The Morgan fingerprint density at radius 2 is 1.91 bits per heavy atom. The van der Waals surface area contributed by atoms with Crippen LogP contribution in [-0.4, -0.2) is 34.9 Å². The van der Waals surface area contributed by atoms with E-state index in [0.717, 1.165) is 51.7 Å². The number of para-hydroxylation sites is 1. The summed E-state index contributed by atoms with van der Waals surface area (Å²) in [5, 5.41) is 1.59. The molecule has 0 saturated carbocycles. The Hall–Kier alpha value is -2.46. The molecule has 0 spiro atoms. The van der Waals surface area contributed by atoms with E-state index >= 15 is 0 Å². The molecule has 4 nitrogen and oxygen atoms in total. The Morgan fingerprint density at radius 1 is 1.13 bits per heavy atom. The van der Waals surface area contributed by atoms with E-state index in [9.17, 15) is 4.79 Å². The number of nitrogens with zero attached hydrogens (tertiary/aromatic N) is 3. The molecular weight excluding hydrogens is 286 g/mol. The zero-order chi connectivity index (χ0) is 16.1. The van der Waals surface area contributed by atoms with Crippen molar-refractivity contribution in [2.75, 3.05) is 20.6 Å². The van der Waals surface area contributed by atoms with Crippen molar-refractivity contribution in [1.29, 1.82) is 0 Å². The third-order valence-electron chi connectivity index (χ3n) is 4.52. The molecule has 0 radical (unpaired) electrons. The first-order valence-electron chi connectivity index (χ1n) is 7.87. The van der Waals surface area contributed by atoms with Gasteiger partial charge in [-0.3, -0.25) is 9.20 Å². The summed E-state index contributed by atoms with van der Waals surface area (Å²) < 4.78 is 2.13. The molecule has 0 bridgehead atoms. The summed E-state index contributed by atoms with van der Waals surface area (Å²) in [7, 11) is 4.10. The topological polar surface area (TPSA) is 37.6 Å². The average molecular weight is 305 g/mol. The van der Waals surface area contributed by atoms with Gasteiger partial charge in [0.15, 0.2) is 5.43 Å². The first-order chi connectivity index (χ1) is 11.1. The molecule has 0 N–H and O–H groups in total. The maximum atomic E-state index is 13.1. The molecule has 0 aliphatic carbocycles. The SMILES string of the molecule is Cc1nc2ccc(CCN(C)C)c3c(=O)c4ccccc4n1c23. The van der Waals surface area contributed by atoms with Crippen molar-refractivity contribution in [1.82, 2.24) is 14.3 Å². The fourth-order valence-corrected chi connectivity index (χ4v) is 3.42. The summed E-state index contributed by atoms with van der Waals surface area (Å²) >= 11 is 0. The van der Waals surface area contributed by atoms with Gasteiger partial charge in [-0.2, -0.15) is 0 Å². The number of imidazole rings is 1. The van der Waals surface area contributed by atoms with Crippen LogP contribution in [0.25, 0.3) is 27.3 Å². The van der Waals surface area contributed by atoms with Gasteiger partial charge in [-0.05, 0) is 51.2 Å². The van der Waals surface area contributed by atoms with Crippen LogP contribution in [0.4, 0.5) is 0 Å². The van der Waals surface area contributed by atoms with Crippen molar-refractivity contribution in [3.05, 3.63) is 58.0 Å². The zero-order valence-electron chi connectivity index (χ0n) is 13.6. The lowest BCUT2D eigenvalue weighted by atomic mass is 10.0. The summed E-state index contributed by atoms with van der Waals surface area (Å²) in [5.74, 6) is 0.922. The third kappa shape index (κ3) is 2.02. The maximum absolute atomic E-state index is 13.1. The Labute approximate surface area is 134 Å². The van der Waals surface area contributed by atoms with E-state index < -0.39 is 0 Å². The van der Waals surface area contributed by atoms with E-state index in [1.807, 2.05) is 37.3 Å². The number of hydrogen-bond donors (Lipinski definition) is 0. The largest absolute Gasteiger partial charge is 0.309 e. The summed E-state index contributed by atoms with van der Waals surface area (Å²) in [6, 6.07) is 11.9.